The Kier molecular flexibility index (Phi) is 45.3. The summed E-state index contributed by atoms with van der Waals surface area (Å²) in [7, 11) is 5.89. The smallest absolute Gasteiger partial charge is 0.361 e. The second-order valence-corrected chi connectivity index (χ2v) is 17.0. The van der Waals surface area contributed by atoms with Crippen molar-refractivity contribution < 1.29 is 42.9 Å². The Bertz CT molecular complexity index is 1720. The zero-order chi connectivity index (χ0) is 50.6. The van der Waals surface area contributed by atoms with E-state index < -0.39 is 30.3 Å². The lowest BCUT2D eigenvalue weighted by molar-refractivity contribution is -0.870. The number of quaternary nitrogens is 1. The minimum absolute atomic E-state index is 0.0459. The van der Waals surface area contributed by atoms with Crippen LogP contribution in [0, 0.1) is 0 Å². The van der Waals surface area contributed by atoms with Gasteiger partial charge in [-0.15, -0.1) is 0 Å². The number of hydrogen-bond acceptors (Lipinski definition) is 7. The fourth-order valence-corrected chi connectivity index (χ4v) is 5.67. The highest BCUT2D eigenvalue weighted by molar-refractivity contribution is 5.72. The maximum atomic E-state index is 12.8. The Morgan fingerprint density at radius 3 is 1.14 bits per heavy atom. The van der Waals surface area contributed by atoms with Crippen LogP contribution in [0.2, 0.25) is 0 Å². The molecule has 0 saturated carbocycles. The number of carbonyl (C=O) groups is 3. The van der Waals surface area contributed by atoms with Crippen LogP contribution in [0.15, 0.2) is 170 Å². The second kappa shape index (κ2) is 49.1. The summed E-state index contributed by atoms with van der Waals surface area (Å²) in [6, 6.07) is 0. The van der Waals surface area contributed by atoms with Crippen LogP contribution in [0.4, 0.5) is 0 Å². The van der Waals surface area contributed by atoms with Crippen molar-refractivity contribution in [1.82, 2.24) is 0 Å². The first-order chi connectivity index (χ1) is 33.6. The van der Waals surface area contributed by atoms with Crippen LogP contribution in [0.5, 0.6) is 0 Å². The number of rotatable bonds is 43. The molecule has 1 N–H and O–H groups in total. The van der Waals surface area contributed by atoms with E-state index in [4.69, 9.17) is 18.9 Å². The molecule has 0 aromatic heterocycles. The first kappa shape index (κ1) is 63.6. The molecule has 9 heteroatoms. The van der Waals surface area contributed by atoms with E-state index in [-0.39, 0.29) is 32.7 Å². The largest absolute Gasteiger partial charge is 0.477 e. The molecule has 382 valence electrons. The van der Waals surface area contributed by atoms with Crippen molar-refractivity contribution in [1.29, 1.82) is 0 Å². The third-order valence-electron chi connectivity index (χ3n) is 9.50. The summed E-state index contributed by atoms with van der Waals surface area (Å²) in [5, 5.41) is 9.65. The van der Waals surface area contributed by atoms with Crippen LogP contribution in [0.25, 0.3) is 0 Å². The van der Waals surface area contributed by atoms with Crippen molar-refractivity contribution in [3.63, 3.8) is 0 Å². The van der Waals surface area contributed by atoms with Crippen LogP contribution in [0.1, 0.15) is 129 Å². The number of unbranched alkanes of at least 4 members (excludes halogenated alkanes) is 1. The summed E-state index contributed by atoms with van der Waals surface area (Å²) in [5.41, 5.74) is 0. The van der Waals surface area contributed by atoms with Gasteiger partial charge in [-0.05, 0) is 103 Å². The lowest BCUT2D eigenvalue weighted by Crippen LogP contribution is -2.40. The van der Waals surface area contributed by atoms with E-state index in [1.807, 2.05) is 39.4 Å². The van der Waals surface area contributed by atoms with E-state index in [2.05, 4.69) is 160 Å². The number of nitrogens with zero attached hydrogens (tertiary/aromatic N) is 1. The average Bonchev–Trinajstić information content (AvgIpc) is 3.31. The van der Waals surface area contributed by atoms with E-state index in [0.717, 1.165) is 83.5 Å². The molecule has 9 nitrogen and oxygen atoms in total. The molecule has 0 radical (unpaired) electrons. The molecule has 2 unspecified atom stereocenters. The van der Waals surface area contributed by atoms with Gasteiger partial charge in [0.2, 0.25) is 0 Å². The molecule has 0 aliphatic rings. The van der Waals surface area contributed by atoms with E-state index in [0.29, 0.717) is 30.3 Å². The summed E-state index contributed by atoms with van der Waals surface area (Å²) in [4.78, 5) is 37.1. The number of ether oxygens (including phenoxy) is 4. The van der Waals surface area contributed by atoms with E-state index >= 15 is 0 Å². The van der Waals surface area contributed by atoms with Gasteiger partial charge in [-0.2, -0.15) is 0 Å². The van der Waals surface area contributed by atoms with Crippen molar-refractivity contribution in [3.8, 4) is 0 Å². The molecule has 0 rings (SSSR count). The minimum atomic E-state index is -1.56. The number of carbonyl (C=O) groups excluding carboxylic acids is 2. The zero-order valence-corrected chi connectivity index (χ0v) is 43.1. The van der Waals surface area contributed by atoms with Gasteiger partial charge in [-0.3, -0.25) is 9.59 Å². The van der Waals surface area contributed by atoms with Crippen molar-refractivity contribution in [3.05, 3.63) is 170 Å². The summed E-state index contributed by atoms with van der Waals surface area (Å²) < 4.78 is 22.5. The Labute approximate surface area is 418 Å². The van der Waals surface area contributed by atoms with Gasteiger partial charge in [0.1, 0.15) is 13.2 Å². The van der Waals surface area contributed by atoms with Crippen LogP contribution >= 0.6 is 0 Å². The van der Waals surface area contributed by atoms with Gasteiger partial charge >= 0.3 is 17.9 Å². The van der Waals surface area contributed by atoms with Gasteiger partial charge in [-0.25, -0.2) is 4.79 Å². The molecule has 0 aromatic carbocycles. The maximum Gasteiger partial charge on any atom is 0.361 e. The van der Waals surface area contributed by atoms with Gasteiger partial charge in [0.25, 0.3) is 6.29 Å². The van der Waals surface area contributed by atoms with Crippen LogP contribution in [0.3, 0.4) is 0 Å². The van der Waals surface area contributed by atoms with Gasteiger partial charge in [-0.1, -0.05) is 184 Å². The number of carboxylic acid groups (broad SMARTS) is 1. The number of hydrogen-bond donors (Lipinski definition) is 1. The fourth-order valence-electron chi connectivity index (χ4n) is 5.67. The summed E-state index contributed by atoms with van der Waals surface area (Å²) >= 11 is 0. The van der Waals surface area contributed by atoms with Gasteiger partial charge < -0.3 is 28.5 Å². The highest BCUT2D eigenvalue weighted by Gasteiger charge is 2.25. The van der Waals surface area contributed by atoms with E-state index in [1.165, 1.54) is 0 Å². The van der Waals surface area contributed by atoms with Gasteiger partial charge in [0, 0.05) is 6.42 Å². The molecule has 0 saturated heterocycles. The van der Waals surface area contributed by atoms with Crippen molar-refractivity contribution >= 4 is 17.9 Å². The number of aliphatic carboxylic acids is 1. The van der Waals surface area contributed by atoms with Crippen molar-refractivity contribution in [2.75, 3.05) is 47.5 Å². The second-order valence-electron chi connectivity index (χ2n) is 17.0. The highest BCUT2D eigenvalue weighted by Crippen LogP contribution is 2.08. The topological polar surface area (TPSA) is 108 Å². The molecule has 69 heavy (non-hydrogen) atoms. The van der Waals surface area contributed by atoms with Crippen molar-refractivity contribution in [2.24, 2.45) is 0 Å². The Hall–Kier alpha value is -5.35. The summed E-state index contributed by atoms with van der Waals surface area (Å²) in [5.74, 6) is -2.28. The van der Waals surface area contributed by atoms with Gasteiger partial charge in [0.05, 0.1) is 40.8 Å². The lowest BCUT2D eigenvalue weighted by atomic mass is 10.2. The SMILES string of the molecule is CC/C=C\C/C=C\C/C=C\C/C=C\C/C=C\C/C=C\C/C=C\C/C=C\C/C=C\CCCC(=O)OC(COC(=O)C/C=C\C/C=C\C/C=C\C/C=C\C/C=C\CC)COC(OCC[N+](C)(C)C)C(=O)O. The molecule has 0 fully saturated rings. The van der Waals surface area contributed by atoms with Crippen LogP contribution in [-0.2, 0) is 33.3 Å². The van der Waals surface area contributed by atoms with Gasteiger partial charge in [0.15, 0.2) is 6.10 Å². The normalized spacial score (nSPS) is 14.3. The number of esters is 2. The maximum absolute atomic E-state index is 12.8. The highest BCUT2D eigenvalue weighted by atomic mass is 16.7. The Morgan fingerprint density at radius 1 is 0.449 bits per heavy atom. The monoisotopic (exact) mass is 953 g/mol. The van der Waals surface area contributed by atoms with E-state index in [1.54, 1.807) is 6.08 Å². The predicted molar refractivity (Wildman–Crippen MR) is 289 cm³/mol. The first-order valence-electron chi connectivity index (χ1n) is 25.3. The number of allylic oxidation sites excluding steroid dienone is 27. The summed E-state index contributed by atoms with van der Waals surface area (Å²) in [6.07, 6.45) is 71.8. The van der Waals surface area contributed by atoms with E-state index in [9.17, 15) is 19.5 Å². The van der Waals surface area contributed by atoms with Crippen LogP contribution in [-0.4, -0.2) is 87.4 Å². The molecular weight excluding hydrogens is 863 g/mol. The molecule has 2 atom stereocenters. The molecule has 0 spiro atoms. The first-order valence-corrected chi connectivity index (χ1v) is 25.3. The average molecular weight is 953 g/mol. The lowest BCUT2D eigenvalue weighted by Gasteiger charge is -2.25. The number of likely N-dealkylation sites (N-methyl/N-ethyl adjacent to an activating group) is 1. The summed E-state index contributed by atoms with van der Waals surface area (Å²) in [6.45, 7) is 4.41. The molecule has 0 amide bonds. The predicted octanol–water partition coefficient (Wildman–Crippen LogP) is 14.4. The molecular formula is C60H90NO8+. The Morgan fingerprint density at radius 2 is 0.797 bits per heavy atom. The number of carboxylic acids is 1. The van der Waals surface area contributed by atoms with Crippen molar-refractivity contribution in [2.45, 2.75) is 142 Å². The third kappa shape index (κ3) is 50.4. The molecule has 0 bridgehead atoms. The standard InChI is InChI=1S/C60H89NO8/c1-6-8-10-12-14-16-18-20-22-23-24-25-26-27-28-29-30-31-32-33-34-35-37-39-41-43-45-47-49-51-58(63)69-56(55-68-60(59(64)65)66-53-52-61(3,4)5)54-67-57(62)50-48-46-44-42-40-38-36-21-19-17-15-13-11-9-7-2/h8-11,14-17,20-22,24-25,27-28,30-31,33-34,36-37,39-40,42-43,45-46,48,56,60H,6-7,12-13,18-19,23,26,29,32,35,38,41,44,47,49-55H2,1-5H3/p+1/b10-8-,11-9-,16-14-,17-15-,22-20-,25-24-,28-27-,31-30-,34-33-,36-21-,39-37-,42-40-,45-43-,48-46-. The third-order valence-corrected chi connectivity index (χ3v) is 9.50. The minimum Gasteiger partial charge on any atom is -0.477 e. The quantitative estimate of drug-likeness (QED) is 0.0212. The molecule has 0 aliphatic carbocycles. The zero-order valence-electron chi connectivity index (χ0n) is 43.1. The molecule has 0 aromatic rings. The molecule has 0 aliphatic heterocycles. The van der Waals surface area contributed by atoms with Crippen LogP contribution < -0.4 is 0 Å². The molecule has 0 heterocycles. The Balaban J connectivity index is 4.57. The fraction of sp³-hybridized carbons (Fsp3) is 0.483.